The Kier molecular flexibility index (Phi) is 5.08. The van der Waals surface area contributed by atoms with Gasteiger partial charge in [0.25, 0.3) is 0 Å². The molecule has 0 bridgehead atoms. The summed E-state index contributed by atoms with van der Waals surface area (Å²) in [6, 6.07) is 10.4. The van der Waals surface area contributed by atoms with Gasteiger partial charge in [0.15, 0.2) is 0 Å². The fourth-order valence-electron chi connectivity index (χ4n) is 2.70. The van der Waals surface area contributed by atoms with Gasteiger partial charge in [-0.1, -0.05) is 18.2 Å². The summed E-state index contributed by atoms with van der Waals surface area (Å²) in [5, 5.41) is 7.01. The number of piperazine rings is 1. The minimum absolute atomic E-state index is 0.0244. The zero-order valence-corrected chi connectivity index (χ0v) is 13.1. The standard InChI is InChI=1S/C16H22N6O/c23-16(18-7-4-8-22-14-17-13-19-22)21-11-9-20(10-12-21)15-5-2-1-3-6-15/h1-3,5-6,13-14H,4,7-12H2,(H,18,23). The van der Waals surface area contributed by atoms with Crippen molar-refractivity contribution in [1.29, 1.82) is 0 Å². The first-order chi connectivity index (χ1) is 11.3. The molecular formula is C16H22N6O. The quantitative estimate of drug-likeness (QED) is 0.842. The highest BCUT2D eigenvalue weighted by atomic mass is 16.2. The molecule has 0 saturated carbocycles. The average molecular weight is 314 g/mol. The normalized spacial score (nSPS) is 14.8. The van der Waals surface area contributed by atoms with Crippen LogP contribution in [0.15, 0.2) is 43.0 Å². The lowest BCUT2D eigenvalue weighted by Gasteiger charge is -2.36. The van der Waals surface area contributed by atoms with E-state index in [4.69, 9.17) is 0 Å². The van der Waals surface area contributed by atoms with Crippen LogP contribution in [0.4, 0.5) is 10.5 Å². The Balaban J connectivity index is 1.36. The van der Waals surface area contributed by atoms with Crippen LogP contribution in [0.1, 0.15) is 6.42 Å². The van der Waals surface area contributed by atoms with E-state index in [1.54, 1.807) is 11.0 Å². The molecule has 7 nitrogen and oxygen atoms in total. The maximum Gasteiger partial charge on any atom is 0.317 e. The van der Waals surface area contributed by atoms with E-state index in [0.717, 1.165) is 39.1 Å². The van der Waals surface area contributed by atoms with Crippen molar-refractivity contribution in [2.75, 3.05) is 37.6 Å². The molecule has 1 aliphatic heterocycles. The number of rotatable bonds is 5. The second-order valence-corrected chi connectivity index (χ2v) is 5.55. The summed E-state index contributed by atoms with van der Waals surface area (Å²) >= 11 is 0. The number of aryl methyl sites for hydroxylation is 1. The Labute approximate surface area is 135 Å². The molecule has 2 aromatic rings. The number of benzene rings is 1. The summed E-state index contributed by atoms with van der Waals surface area (Å²) in [4.78, 5) is 20.3. The number of amides is 2. The van der Waals surface area contributed by atoms with Gasteiger partial charge in [-0.25, -0.2) is 9.78 Å². The van der Waals surface area contributed by atoms with Crippen LogP contribution in [0.2, 0.25) is 0 Å². The first-order valence-electron chi connectivity index (χ1n) is 7.98. The molecule has 0 atom stereocenters. The molecule has 1 aromatic heterocycles. The van der Waals surface area contributed by atoms with Gasteiger partial charge in [0.2, 0.25) is 0 Å². The van der Waals surface area contributed by atoms with E-state index < -0.39 is 0 Å². The third-order valence-electron chi connectivity index (χ3n) is 4.00. The van der Waals surface area contributed by atoms with Gasteiger partial charge in [-0.15, -0.1) is 0 Å². The fraction of sp³-hybridized carbons (Fsp3) is 0.438. The summed E-state index contributed by atoms with van der Waals surface area (Å²) in [6.45, 7) is 4.67. The Morgan fingerprint density at radius 1 is 1.13 bits per heavy atom. The van der Waals surface area contributed by atoms with Crippen LogP contribution < -0.4 is 10.2 Å². The number of hydrogen-bond donors (Lipinski definition) is 1. The summed E-state index contributed by atoms with van der Waals surface area (Å²) in [5.74, 6) is 0. The second-order valence-electron chi connectivity index (χ2n) is 5.55. The van der Waals surface area contributed by atoms with Crippen LogP contribution >= 0.6 is 0 Å². The maximum atomic E-state index is 12.2. The number of carbonyl (C=O) groups excluding carboxylic acids is 1. The largest absolute Gasteiger partial charge is 0.368 e. The van der Waals surface area contributed by atoms with Gasteiger partial charge in [-0.05, 0) is 18.6 Å². The number of anilines is 1. The first-order valence-corrected chi connectivity index (χ1v) is 7.98. The lowest BCUT2D eigenvalue weighted by molar-refractivity contribution is 0.194. The minimum Gasteiger partial charge on any atom is -0.368 e. The number of para-hydroxylation sites is 1. The third kappa shape index (κ3) is 4.21. The molecule has 122 valence electrons. The number of nitrogens with one attached hydrogen (secondary N) is 1. The van der Waals surface area contributed by atoms with E-state index in [1.807, 2.05) is 23.1 Å². The maximum absolute atomic E-state index is 12.2. The van der Waals surface area contributed by atoms with E-state index in [1.165, 1.54) is 12.0 Å². The topological polar surface area (TPSA) is 66.3 Å². The van der Waals surface area contributed by atoms with Gasteiger partial charge >= 0.3 is 6.03 Å². The molecule has 7 heteroatoms. The SMILES string of the molecule is O=C(NCCCn1cncn1)N1CCN(c2ccccc2)CC1. The molecule has 23 heavy (non-hydrogen) atoms. The molecule has 3 rings (SSSR count). The third-order valence-corrected chi connectivity index (χ3v) is 4.00. The van der Waals surface area contributed by atoms with E-state index in [9.17, 15) is 4.79 Å². The zero-order valence-electron chi connectivity index (χ0n) is 13.1. The summed E-state index contributed by atoms with van der Waals surface area (Å²) in [5.41, 5.74) is 1.22. The van der Waals surface area contributed by atoms with Crippen LogP contribution in [0.3, 0.4) is 0 Å². The van der Waals surface area contributed by atoms with Crippen LogP contribution in [0.5, 0.6) is 0 Å². The predicted octanol–water partition coefficient (Wildman–Crippen LogP) is 1.20. The lowest BCUT2D eigenvalue weighted by Crippen LogP contribution is -2.52. The average Bonchev–Trinajstić information content (AvgIpc) is 3.13. The fourth-order valence-corrected chi connectivity index (χ4v) is 2.70. The molecule has 0 radical (unpaired) electrons. The predicted molar refractivity (Wildman–Crippen MR) is 88.3 cm³/mol. The van der Waals surface area contributed by atoms with Gasteiger partial charge in [0.05, 0.1) is 0 Å². The van der Waals surface area contributed by atoms with E-state index in [0.29, 0.717) is 6.54 Å². The van der Waals surface area contributed by atoms with Crippen molar-refractivity contribution < 1.29 is 4.79 Å². The molecule has 0 aliphatic carbocycles. The van der Waals surface area contributed by atoms with Gasteiger partial charge in [0, 0.05) is 45.0 Å². The Bertz CT molecular complexity index is 592. The smallest absolute Gasteiger partial charge is 0.317 e. The molecule has 0 spiro atoms. The van der Waals surface area contributed by atoms with Gasteiger partial charge < -0.3 is 15.1 Å². The van der Waals surface area contributed by atoms with Crippen LogP contribution in [-0.4, -0.2) is 58.4 Å². The second kappa shape index (κ2) is 7.62. The van der Waals surface area contributed by atoms with E-state index in [-0.39, 0.29) is 6.03 Å². The number of hydrogen-bond acceptors (Lipinski definition) is 4. The number of urea groups is 1. The van der Waals surface area contributed by atoms with Crippen molar-refractivity contribution in [2.24, 2.45) is 0 Å². The van der Waals surface area contributed by atoms with Gasteiger partial charge in [-0.3, -0.25) is 4.68 Å². The number of aromatic nitrogens is 3. The molecule has 1 fully saturated rings. The Morgan fingerprint density at radius 3 is 2.61 bits per heavy atom. The van der Waals surface area contributed by atoms with Crippen molar-refractivity contribution in [3.63, 3.8) is 0 Å². The summed E-state index contributed by atoms with van der Waals surface area (Å²) in [7, 11) is 0. The summed E-state index contributed by atoms with van der Waals surface area (Å²) in [6.07, 6.45) is 4.05. The highest BCUT2D eigenvalue weighted by molar-refractivity contribution is 5.74. The molecule has 1 N–H and O–H groups in total. The highest BCUT2D eigenvalue weighted by Gasteiger charge is 2.20. The van der Waals surface area contributed by atoms with Crippen LogP contribution in [-0.2, 0) is 6.54 Å². The van der Waals surface area contributed by atoms with E-state index >= 15 is 0 Å². The van der Waals surface area contributed by atoms with Gasteiger partial charge in [0.1, 0.15) is 12.7 Å². The molecule has 2 amide bonds. The lowest BCUT2D eigenvalue weighted by atomic mass is 10.2. The first kappa shape index (κ1) is 15.3. The number of nitrogens with zero attached hydrogens (tertiary/aromatic N) is 5. The molecule has 2 heterocycles. The zero-order chi connectivity index (χ0) is 15.9. The monoisotopic (exact) mass is 314 g/mol. The molecule has 1 aliphatic rings. The minimum atomic E-state index is 0.0244. The van der Waals surface area contributed by atoms with Crippen molar-refractivity contribution >= 4 is 11.7 Å². The highest BCUT2D eigenvalue weighted by Crippen LogP contribution is 2.15. The Hall–Kier alpha value is -2.57. The van der Waals surface area contributed by atoms with Crippen molar-refractivity contribution in [3.05, 3.63) is 43.0 Å². The van der Waals surface area contributed by atoms with Crippen LogP contribution in [0, 0.1) is 0 Å². The summed E-state index contributed by atoms with van der Waals surface area (Å²) < 4.78 is 1.77. The van der Waals surface area contributed by atoms with Gasteiger partial charge in [-0.2, -0.15) is 5.10 Å². The Morgan fingerprint density at radius 2 is 1.91 bits per heavy atom. The van der Waals surface area contributed by atoms with Crippen molar-refractivity contribution in [3.8, 4) is 0 Å². The molecule has 1 aromatic carbocycles. The van der Waals surface area contributed by atoms with Crippen LogP contribution in [0.25, 0.3) is 0 Å². The van der Waals surface area contributed by atoms with Crippen molar-refractivity contribution in [2.45, 2.75) is 13.0 Å². The number of carbonyl (C=O) groups is 1. The molecule has 1 saturated heterocycles. The molecule has 0 unspecified atom stereocenters. The molecular weight excluding hydrogens is 292 g/mol. The van der Waals surface area contributed by atoms with Crippen molar-refractivity contribution in [1.82, 2.24) is 25.0 Å². The van der Waals surface area contributed by atoms with E-state index in [2.05, 4.69) is 32.4 Å².